The van der Waals surface area contributed by atoms with E-state index < -0.39 is 11.6 Å². The van der Waals surface area contributed by atoms with Crippen molar-refractivity contribution in [1.29, 1.82) is 0 Å². The molecule has 1 fully saturated rings. The van der Waals surface area contributed by atoms with Gasteiger partial charge in [-0.1, -0.05) is 12.8 Å². The number of hydrogen-bond acceptors (Lipinski definition) is 3. The van der Waals surface area contributed by atoms with Crippen LogP contribution in [0.25, 0.3) is 5.52 Å². The SMILES string of the molecule is CC(C)(NC(=O)O)c1ncc2c(SC3CCCC3)cccn12. The van der Waals surface area contributed by atoms with E-state index in [0.29, 0.717) is 11.1 Å². The average Bonchev–Trinajstić information content (AvgIpc) is 3.06. The number of amides is 1. The second kappa shape index (κ2) is 5.83. The summed E-state index contributed by atoms with van der Waals surface area (Å²) < 4.78 is 1.99. The molecule has 0 spiro atoms. The predicted molar refractivity (Wildman–Crippen MR) is 87.5 cm³/mol. The summed E-state index contributed by atoms with van der Waals surface area (Å²) in [7, 11) is 0. The van der Waals surface area contributed by atoms with Crippen LogP contribution in [0.4, 0.5) is 4.79 Å². The van der Waals surface area contributed by atoms with Gasteiger partial charge >= 0.3 is 6.09 Å². The quantitative estimate of drug-likeness (QED) is 0.897. The molecule has 6 heteroatoms. The lowest BCUT2D eigenvalue weighted by Crippen LogP contribution is -2.41. The zero-order chi connectivity index (χ0) is 15.7. The van der Waals surface area contributed by atoms with E-state index >= 15 is 0 Å². The molecule has 0 atom stereocenters. The summed E-state index contributed by atoms with van der Waals surface area (Å²) in [6.45, 7) is 3.65. The fourth-order valence-electron chi connectivity index (χ4n) is 3.07. The van der Waals surface area contributed by atoms with Gasteiger partial charge in [0, 0.05) is 16.3 Å². The van der Waals surface area contributed by atoms with Crippen molar-refractivity contribution in [2.75, 3.05) is 0 Å². The number of aromatic nitrogens is 2. The Bertz CT molecular complexity index is 690. The number of nitrogens with one attached hydrogen (secondary N) is 1. The molecule has 0 saturated heterocycles. The lowest BCUT2D eigenvalue weighted by atomic mass is 10.1. The Morgan fingerprint density at radius 3 is 2.86 bits per heavy atom. The Kier molecular flexibility index (Phi) is 4.04. The summed E-state index contributed by atoms with van der Waals surface area (Å²) in [4.78, 5) is 16.7. The van der Waals surface area contributed by atoms with E-state index in [9.17, 15) is 4.79 Å². The number of fused-ring (bicyclic) bond motifs is 1. The molecule has 0 radical (unpaired) electrons. The standard InChI is InChI=1S/C16H21N3O2S/c1-16(2,18-15(20)21)14-17-10-12-13(8-5-9-19(12)14)22-11-6-3-4-7-11/h5,8-11,18H,3-4,6-7H2,1-2H3,(H,20,21). The number of thioether (sulfide) groups is 1. The molecule has 0 unspecified atom stereocenters. The summed E-state index contributed by atoms with van der Waals surface area (Å²) in [5.74, 6) is 0.707. The minimum absolute atomic E-state index is 0.690. The largest absolute Gasteiger partial charge is 0.465 e. The van der Waals surface area contributed by atoms with Gasteiger partial charge in [0.15, 0.2) is 0 Å². The van der Waals surface area contributed by atoms with Crippen LogP contribution in [0.2, 0.25) is 0 Å². The van der Waals surface area contributed by atoms with E-state index in [0.717, 1.165) is 5.52 Å². The van der Waals surface area contributed by atoms with Gasteiger partial charge in [-0.2, -0.15) is 0 Å². The Morgan fingerprint density at radius 1 is 1.45 bits per heavy atom. The fraction of sp³-hybridized carbons (Fsp3) is 0.500. The van der Waals surface area contributed by atoms with Gasteiger partial charge in [-0.3, -0.25) is 0 Å². The minimum atomic E-state index is -1.04. The first kappa shape index (κ1) is 15.2. The molecule has 1 aliphatic carbocycles. The van der Waals surface area contributed by atoms with Crippen LogP contribution in [0.5, 0.6) is 0 Å². The Morgan fingerprint density at radius 2 is 2.18 bits per heavy atom. The number of hydrogen-bond donors (Lipinski definition) is 2. The van der Waals surface area contributed by atoms with Crippen LogP contribution in [-0.2, 0) is 5.54 Å². The zero-order valence-electron chi connectivity index (χ0n) is 12.9. The summed E-state index contributed by atoms with van der Waals surface area (Å²) in [6, 6.07) is 4.13. The van der Waals surface area contributed by atoms with E-state index in [-0.39, 0.29) is 0 Å². The van der Waals surface area contributed by atoms with E-state index in [4.69, 9.17) is 5.11 Å². The normalized spacial score (nSPS) is 16.3. The minimum Gasteiger partial charge on any atom is -0.465 e. The van der Waals surface area contributed by atoms with Crippen molar-refractivity contribution < 1.29 is 9.90 Å². The van der Waals surface area contributed by atoms with Crippen LogP contribution in [0, 0.1) is 0 Å². The highest BCUT2D eigenvalue weighted by Crippen LogP contribution is 2.37. The van der Waals surface area contributed by atoms with Gasteiger partial charge in [0.25, 0.3) is 0 Å². The zero-order valence-corrected chi connectivity index (χ0v) is 13.7. The first-order chi connectivity index (χ1) is 10.5. The van der Waals surface area contributed by atoms with E-state index in [2.05, 4.69) is 16.4 Å². The third kappa shape index (κ3) is 2.92. The first-order valence-corrected chi connectivity index (χ1v) is 8.49. The Balaban J connectivity index is 1.96. The maximum Gasteiger partial charge on any atom is 0.405 e. The number of carbonyl (C=O) groups is 1. The van der Waals surface area contributed by atoms with Gasteiger partial charge in [-0.05, 0) is 38.8 Å². The van der Waals surface area contributed by atoms with Crippen molar-refractivity contribution in [2.24, 2.45) is 0 Å². The number of imidazole rings is 1. The summed E-state index contributed by atoms with van der Waals surface area (Å²) in [5, 5.41) is 12.2. The molecule has 3 rings (SSSR count). The van der Waals surface area contributed by atoms with Crippen molar-refractivity contribution >= 4 is 23.4 Å². The second-order valence-electron chi connectivity index (χ2n) is 6.29. The molecule has 22 heavy (non-hydrogen) atoms. The summed E-state index contributed by atoms with van der Waals surface area (Å²) in [6.07, 6.45) is 7.94. The predicted octanol–water partition coefficient (Wildman–Crippen LogP) is 3.87. The molecule has 2 aromatic heterocycles. The van der Waals surface area contributed by atoms with Crippen LogP contribution in [-0.4, -0.2) is 25.8 Å². The number of nitrogens with zero attached hydrogens (tertiary/aromatic N) is 2. The van der Waals surface area contributed by atoms with Gasteiger partial charge in [-0.15, -0.1) is 11.8 Å². The third-order valence-corrected chi connectivity index (χ3v) is 5.51. The maximum absolute atomic E-state index is 11.0. The lowest BCUT2D eigenvalue weighted by molar-refractivity contribution is 0.181. The molecule has 0 bridgehead atoms. The first-order valence-electron chi connectivity index (χ1n) is 7.62. The fourth-order valence-corrected chi connectivity index (χ4v) is 4.42. The van der Waals surface area contributed by atoms with Crippen LogP contribution < -0.4 is 5.32 Å². The highest BCUT2D eigenvalue weighted by Gasteiger charge is 2.28. The molecule has 2 aromatic rings. The third-order valence-electron chi connectivity index (χ3n) is 4.11. The highest BCUT2D eigenvalue weighted by atomic mass is 32.2. The van der Waals surface area contributed by atoms with Crippen LogP contribution >= 0.6 is 11.8 Å². The molecule has 0 aromatic carbocycles. The molecule has 0 aliphatic heterocycles. The molecule has 1 aliphatic rings. The van der Waals surface area contributed by atoms with Gasteiger partial charge in [0.05, 0.1) is 17.3 Å². The number of pyridine rings is 1. The molecule has 2 heterocycles. The maximum atomic E-state index is 11.0. The van der Waals surface area contributed by atoms with Crippen molar-refractivity contribution in [1.82, 2.24) is 14.7 Å². The van der Waals surface area contributed by atoms with Crippen molar-refractivity contribution in [3.63, 3.8) is 0 Å². The molecule has 2 N–H and O–H groups in total. The van der Waals surface area contributed by atoms with E-state index in [1.807, 2.05) is 48.5 Å². The van der Waals surface area contributed by atoms with Gasteiger partial charge in [0.2, 0.25) is 0 Å². The average molecular weight is 319 g/mol. The molecule has 1 amide bonds. The number of rotatable bonds is 4. The molecule has 5 nitrogen and oxygen atoms in total. The van der Waals surface area contributed by atoms with Crippen LogP contribution in [0.3, 0.4) is 0 Å². The van der Waals surface area contributed by atoms with Gasteiger partial charge < -0.3 is 14.8 Å². The van der Waals surface area contributed by atoms with Crippen molar-refractivity contribution in [2.45, 2.75) is 55.2 Å². The second-order valence-corrected chi connectivity index (χ2v) is 7.63. The molecular formula is C16H21N3O2S. The van der Waals surface area contributed by atoms with Crippen LogP contribution in [0.1, 0.15) is 45.4 Å². The Labute approximate surface area is 134 Å². The van der Waals surface area contributed by atoms with Gasteiger partial charge in [0.1, 0.15) is 5.82 Å². The van der Waals surface area contributed by atoms with E-state index in [1.54, 1.807) is 0 Å². The molecular weight excluding hydrogens is 298 g/mol. The number of carboxylic acid groups (broad SMARTS) is 1. The topological polar surface area (TPSA) is 66.6 Å². The Hall–Kier alpha value is -1.69. The smallest absolute Gasteiger partial charge is 0.405 e. The van der Waals surface area contributed by atoms with Crippen molar-refractivity contribution in [3.05, 3.63) is 30.4 Å². The lowest BCUT2D eigenvalue weighted by Gasteiger charge is -2.23. The molecule has 1 saturated carbocycles. The van der Waals surface area contributed by atoms with E-state index in [1.165, 1.54) is 30.6 Å². The monoisotopic (exact) mass is 319 g/mol. The van der Waals surface area contributed by atoms with Crippen LogP contribution in [0.15, 0.2) is 29.4 Å². The highest BCUT2D eigenvalue weighted by molar-refractivity contribution is 8.00. The molecule has 118 valence electrons. The van der Waals surface area contributed by atoms with Crippen molar-refractivity contribution in [3.8, 4) is 0 Å². The van der Waals surface area contributed by atoms with Gasteiger partial charge in [-0.25, -0.2) is 9.78 Å². The summed E-state index contributed by atoms with van der Waals surface area (Å²) >= 11 is 1.92. The summed E-state index contributed by atoms with van der Waals surface area (Å²) in [5.41, 5.74) is 0.309.